The number of carboxylic acids is 1. The van der Waals surface area contributed by atoms with Gasteiger partial charge in [0.15, 0.2) is 6.10 Å². The first-order valence-electron chi connectivity index (χ1n) is 7.15. The maximum Gasteiger partial charge on any atom is 0.334 e. The van der Waals surface area contributed by atoms with Crippen LogP contribution in [-0.4, -0.2) is 52.3 Å². The van der Waals surface area contributed by atoms with Crippen LogP contribution in [0.4, 0.5) is 0 Å². The van der Waals surface area contributed by atoms with Crippen LogP contribution in [0.2, 0.25) is 0 Å². The lowest BCUT2D eigenvalue weighted by atomic mass is 10.2. The second-order valence-electron chi connectivity index (χ2n) is 5.70. The van der Waals surface area contributed by atoms with Crippen LogP contribution in [0.1, 0.15) is 41.6 Å². The molecule has 2 rings (SSSR count). The van der Waals surface area contributed by atoms with E-state index in [0.29, 0.717) is 12.1 Å². The molecule has 1 unspecified atom stereocenters. The predicted octanol–water partition coefficient (Wildman–Crippen LogP) is 1.61. The van der Waals surface area contributed by atoms with E-state index in [1.165, 1.54) is 0 Å². The highest BCUT2D eigenvalue weighted by Crippen LogP contribution is 2.22. The van der Waals surface area contributed by atoms with Gasteiger partial charge in [-0.3, -0.25) is 4.79 Å². The molecule has 1 aliphatic rings. The molecule has 21 heavy (non-hydrogen) atoms. The Kier molecular flexibility index (Phi) is 4.37. The topological polar surface area (TPSA) is 71.8 Å². The van der Waals surface area contributed by atoms with E-state index in [4.69, 9.17) is 9.84 Å². The summed E-state index contributed by atoms with van der Waals surface area (Å²) < 4.78 is 7.27. The molecule has 0 aromatic carbocycles. The van der Waals surface area contributed by atoms with E-state index >= 15 is 0 Å². The highest BCUT2D eigenvalue weighted by molar-refractivity contribution is 5.96. The van der Waals surface area contributed by atoms with E-state index in [-0.39, 0.29) is 25.1 Å². The minimum atomic E-state index is -1.03. The van der Waals surface area contributed by atoms with E-state index in [0.717, 1.165) is 11.4 Å². The fourth-order valence-corrected chi connectivity index (χ4v) is 2.94. The summed E-state index contributed by atoms with van der Waals surface area (Å²) in [6, 6.07) is 2.16. The molecule has 0 aliphatic carbocycles. The Morgan fingerprint density at radius 2 is 2.05 bits per heavy atom. The fraction of sp³-hybridized carbons (Fsp3) is 0.600. The van der Waals surface area contributed by atoms with Gasteiger partial charge in [-0.05, 0) is 33.8 Å². The number of rotatable bonds is 3. The van der Waals surface area contributed by atoms with Gasteiger partial charge in [-0.15, -0.1) is 0 Å². The van der Waals surface area contributed by atoms with Crippen LogP contribution in [-0.2, 0) is 9.53 Å². The molecular weight excluding hydrogens is 272 g/mol. The Morgan fingerprint density at radius 3 is 2.57 bits per heavy atom. The van der Waals surface area contributed by atoms with Crippen molar-refractivity contribution in [3.8, 4) is 0 Å². The average molecular weight is 294 g/mol. The van der Waals surface area contributed by atoms with Crippen LogP contribution in [0.25, 0.3) is 0 Å². The number of carbonyl (C=O) groups is 2. The summed E-state index contributed by atoms with van der Waals surface area (Å²) in [6.45, 7) is 8.82. The lowest BCUT2D eigenvalue weighted by molar-refractivity contribution is -0.154. The zero-order chi connectivity index (χ0) is 15.7. The number of carboxylic acid groups (broad SMARTS) is 1. The SMILES string of the molecule is Cc1cc(C(=O)N2CCOC(C(=O)O)C2)c(C)n1C(C)C. The van der Waals surface area contributed by atoms with Crippen molar-refractivity contribution < 1.29 is 19.4 Å². The molecule has 0 bridgehead atoms. The number of amides is 1. The summed E-state index contributed by atoms with van der Waals surface area (Å²) in [5.74, 6) is -1.15. The third-order valence-corrected chi connectivity index (χ3v) is 3.86. The number of aryl methyl sites for hydroxylation is 1. The predicted molar refractivity (Wildman–Crippen MR) is 77.6 cm³/mol. The van der Waals surface area contributed by atoms with E-state index in [1.807, 2.05) is 19.9 Å². The summed E-state index contributed by atoms with van der Waals surface area (Å²) >= 11 is 0. The molecule has 1 aromatic rings. The molecule has 1 aromatic heterocycles. The van der Waals surface area contributed by atoms with Crippen molar-refractivity contribution in [1.29, 1.82) is 0 Å². The number of aliphatic carboxylic acids is 1. The Hall–Kier alpha value is -1.82. The van der Waals surface area contributed by atoms with Crippen LogP contribution in [0.5, 0.6) is 0 Å². The third kappa shape index (κ3) is 2.95. The molecule has 1 amide bonds. The van der Waals surface area contributed by atoms with Crippen molar-refractivity contribution in [2.24, 2.45) is 0 Å². The molecule has 6 heteroatoms. The van der Waals surface area contributed by atoms with Crippen LogP contribution in [0.15, 0.2) is 6.07 Å². The minimum absolute atomic E-state index is 0.0967. The summed E-state index contributed by atoms with van der Waals surface area (Å²) in [4.78, 5) is 25.2. The van der Waals surface area contributed by atoms with E-state index in [1.54, 1.807) is 4.90 Å². The number of hydrogen-bond donors (Lipinski definition) is 1. The van der Waals surface area contributed by atoms with Gasteiger partial charge in [0, 0.05) is 24.0 Å². The standard InChI is InChI=1S/C15H22N2O4/c1-9(2)17-10(3)7-12(11(17)4)14(18)16-5-6-21-13(8-16)15(19)20/h7,9,13H,5-6,8H2,1-4H3,(H,19,20). The normalized spacial score (nSPS) is 19.1. The van der Waals surface area contributed by atoms with Gasteiger partial charge in [-0.1, -0.05) is 0 Å². The number of carbonyl (C=O) groups excluding carboxylic acids is 1. The second kappa shape index (κ2) is 5.89. The zero-order valence-electron chi connectivity index (χ0n) is 12.9. The average Bonchev–Trinajstić information content (AvgIpc) is 2.73. The second-order valence-corrected chi connectivity index (χ2v) is 5.70. The molecule has 0 saturated carbocycles. The van der Waals surface area contributed by atoms with Gasteiger partial charge in [-0.25, -0.2) is 4.79 Å². The maximum absolute atomic E-state index is 12.6. The molecule has 2 heterocycles. The van der Waals surface area contributed by atoms with E-state index < -0.39 is 12.1 Å². The molecule has 6 nitrogen and oxygen atoms in total. The molecule has 1 saturated heterocycles. The molecule has 1 N–H and O–H groups in total. The maximum atomic E-state index is 12.6. The first-order valence-corrected chi connectivity index (χ1v) is 7.15. The smallest absolute Gasteiger partial charge is 0.334 e. The summed E-state index contributed by atoms with van der Waals surface area (Å²) in [5.41, 5.74) is 2.60. The highest BCUT2D eigenvalue weighted by atomic mass is 16.5. The van der Waals surface area contributed by atoms with Gasteiger partial charge in [0.05, 0.1) is 18.7 Å². The summed E-state index contributed by atoms with van der Waals surface area (Å²) in [5, 5.41) is 9.02. The van der Waals surface area contributed by atoms with Crippen LogP contribution in [0, 0.1) is 13.8 Å². The van der Waals surface area contributed by atoms with Gasteiger partial charge in [0.1, 0.15) is 0 Å². The lowest BCUT2D eigenvalue weighted by Crippen LogP contribution is -2.48. The molecule has 1 fully saturated rings. The minimum Gasteiger partial charge on any atom is -0.479 e. The Morgan fingerprint density at radius 1 is 1.38 bits per heavy atom. The number of nitrogens with zero attached hydrogens (tertiary/aromatic N) is 2. The van der Waals surface area contributed by atoms with Crippen molar-refractivity contribution >= 4 is 11.9 Å². The van der Waals surface area contributed by atoms with Gasteiger partial charge in [0.2, 0.25) is 0 Å². The third-order valence-electron chi connectivity index (χ3n) is 3.86. The Labute approximate surface area is 124 Å². The monoisotopic (exact) mass is 294 g/mol. The lowest BCUT2D eigenvalue weighted by Gasteiger charge is -2.31. The molecule has 1 aliphatic heterocycles. The molecule has 1 atom stereocenters. The van der Waals surface area contributed by atoms with Crippen molar-refractivity contribution in [1.82, 2.24) is 9.47 Å². The molecule has 0 spiro atoms. The first-order chi connectivity index (χ1) is 9.82. The van der Waals surface area contributed by atoms with Crippen LogP contribution >= 0.6 is 0 Å². The quantitative estimate of drug-likeness (QED) is 0.919. The molecular formula is C15H22N2O4. The highest BCUT2D eigenvalue weighted by Gasteiger charge is 2.31. The molecule has 0 radical (unpaired) electrons. The number of ether oxygens (including phenoxy) is 1. The van der Waals surface area contributed by atoms with Crippen LogP contribution in [0.3, 0.4) is 0 Å². The van der Waals surface area contributed by atoms with Gasteiger partial charge < -0.3 is 19.3 Å². The van der Waals surface area contributed by atoms with Crippen molar-refractivity contribution in [3.05, 3.63) is 23.0 Å². The van der Waals surface area contributed by atoms with Crippen molar-refractivity contribution in [2.75, 3.05) is 19.7 Å². The zero-order valence-corrected chi connectivity index (χ0v) is 12.9. The Bertz CT molecular complexity index is 562. The summed E-state index contributed by atoms with van der Waals surface area (Å²) in [6.07, 6.45) is -0.934. The first kappa shape index (κ1) is 15.6. The van der Waals surface area contributed by atoms with Crippen LogP contribution < -0.4 is 0 Å². The van der Waals surface area contributed by atoms with E-state index in [9.17, 15) is 9.59 Å². The van der Waals surface area contributed by atoms with Gasteiger partial charge in [0.25, 0.3) is 5.91 Å². The number of aromatic nitrogens is 1. The van der Waals surface area contributed by atoms with Crippen molar-refractivity contribution in [3.63, 3.8) is 0 Å². The number of morpholine rings is 1. The van der Waals surface area contributed by atoms with Gasteiger partial charge >= 0.3 is 5.97 Å². The Balaban J connectivity index is 2.24. The number of hydrogen-bond acceptors (Lipinski definition) is 3. The van der Waals surface area contributed by atoms with Gasteiger partial charge in [-0.2, -0.15) is 0 Å². The summed E-state index contributed by atoms with van der Waals surface area (Å²) in [7, 11) is 0. The van der Waals surface area contributed by atoms with E-state index in [2.05, 4.69) is 18.4 Å². The molecule has 116 valence electrons. The fourth-order valence-electron chi connectivity index (χ4n) is 2.94. The van der Waals surface area contributed by atoms with Crippen molar-refractivity contribution in [2.45, 2.75) is 39.8 Å². The largest absolute Gasteiger partial charge is 0.479 e.